The minimum absolute atomic E-state index is 0.0326. The second kappa shape index (κ2) is 7.66. The summed E-state index contributed by atoms with van der Waals surface area (Å²) in [7, 11) is 0. The fourth-order valence-electron chi connectivity index (χ4n) is 2.84. The van der Waals surface area contributed by atoms with Crippen molar-refractivity contribution in [1.82, 2.24) is 10.2 Å². The summed E-state index contributed by atoms with van der Waals surface area (Å²) >= 11 is 5.79. The van der Waals surface area contributed by atoms with E-state index in [1.807, 2.05) is 0 Å². The number of esters is 1. The number of carbonyl (C=O) groups excluding carboxylic acids is 1. The number of aromatic nitrogens is 2. The highest BCUT2D eigenvalue weighted by Crippen LogP contribution is 2.28. The Balaban J connectivity index is 2.12. The topological polar surface area (TPSA) is 72.0 Å². The van der Waals surface area contributed by atoms with Crippen LogP contribution in [0.15, 0.2) is 47.3 Å². The Morgan fingerprint density at radius 2 is 2.00 bits per heavy atom. The van der Waals surface area contributed by atoms with E-state index in [1.54, 1.807) is 37.3 Å². The maximum Gasteiger partial charge on any atom is 0.315 e. The zero-order valence-corrected chi connectivity index (χ0v) is 14.7. The Bertz CT molecular complexity index is 1020. The summed E-state index contributed by atoms with van der Waals surface area (Å²) in [5, 5.41) is 7.68. The van der Waals surface area contributed by atoms with E-state index in [9.17, 15) is 14.0 Å². The van der Waals surface area contributed by atoms with Crippen LogP contribution in [0.5, 0.6) is 0 Å². The molecule has 0 fully saturated rings. The van der Waals surface area contributed by atoms with Crippen molar-refractivity contribution in [3.63, 3.8) is 0 Å². The van der Waals surface area contributed by atoms with Gasteiger partial charge in [0.05, 0.1) is 17.7 Å². The summed E-state index contributed by atoms with van der Waals surface area (Å²) in [4.78, 5) is 24.5. The Labute approximate surface area is 153 Å². The maximum absolute atomic E-state index is 14.2. The summed E-state index contributed by atoms with van der Waals surface area (Å²) in [5.41, 5.74) is 0.294. The first-order chi connectivity index (χ1) is 12.5. The van der Waals surface area contributed by atoms with Crippen molar-refractivity contribution in [1.29, 1.82) is 0 Å². The molecule has 0 amide bonds. The molecule has 3 rings (SSSR count). The van der Waals surface area contributed by atoms with E-state index in [0.29, 0.717) is 22.0 Å². The fraction of sp³-hybridized carbons (Fsp3) is 0.211. The molecule has 0 radical (unpaired) electrons. The average Bonchev–Trinajstić information content (AvgIpc) is 2.62. The number of benzene rings is 2. The van der Waals surface area contributed by atoms with E-state index in [1.165, 1.54) is 12.1 Å². The number of hydrogen-bond donors (Lipinski definition) is 1. The number of halogens is 2. The summed E-state index contributed by atoms with van der Waals surface area (Å²) in [6.45, 7) is 1.87. The van der Waals surface area contributed by atoms with Gasteiger partial charge in [-0.15, -0.1) is 0 Å². The molecule has 0 saturated heterocycles. The number of rotatable bonds is 5. The van der Waals surface area contributed by atoms with Gasteiger partial charge in [0.2, 0.25) is 0 Å². The Morgan fingerprint density at radius 3 is 2.69 bits per heavy atom. The molecule has 26 heavy (non-hydrogen) atoms. The molecule has 0 saturated carbocycles. The van der Waals surface area contributed by atoms with Crippen LogP contribution in [0.3, 0.4) is 0 Å². The smallest absolute Gasteiger partial charge is 0.315 e. The van der Waals surface area contributed by atoms with Gasteiger partial charge in [-0.25, -0.2) is 9.49 Å². The third-order valence-corrected chi connectivity index (χ3v) is 4.30. The van der Waals surface area contributed by atoms with Gasteiger partial charge in [-0.1, -0.05) is 35.9 Å². The lowest BCUT2D eigenvalue weighted by molar-refractivity contribution is -0.145. The molecular weight excluding hydrogens is 359 g/mol. The summed E-state index contributed by atoms with van der Waals surface area (Å²) in [5.74, 6) is -1.92. The number of nitrogens with zero attached hydrogens (tertiary/aromatic N) is 1. The Morgan fingerprint density at radius 1 is 1.27 bits per heavy atom. The first-order valence-corrected chi connectivity index (χ1v) is 8.47. The highest BCUT2D eigenvalue weighted by molar-refractivity contribution is 6.30. The lowest BCUT2D eigenvalue weighted by Gasteiger charge is -2.17. The molecule has 7 heteroatoms. The van der Waals surface area contributed by atoms with Crippen LogP contribution in [0.1, 0.15) is 24.1 Å². The van der Waals surface area contributed by atoms with Gasteiger partial charge >= 0.3 is 5.97 Å². The van der Waals surface area contributed by atoms with Crippen LogP contribution in [-0.2, 0) is 16.0 Å². The molecule has 0 bridgehead atoms. The van der Waals surface area contributed by atoms with Gasteiger partial charge in [0.25, 0.3) is 5.56 Å². The number of H-pyrrole nitrogens is 1. The normalized spacial score (nSPS) is 12.1. The first-order valence-electron chi connectivity index (χ1n) is 8.09. The van der Waals surface area contributed by atoms with Crippen molar-refractivity contribution in [3.05, 3.63) is 74.9 Å². The van der Waals surface area contributed by atoms with E-state index < -0.39 is 17.7 Å². The van der Waals surface area contributed by atoms with Crippen LogP contribution >= 0.6 is 11.6 Å². The van der Waals surface area contributed by atoms with Crippen LogP contribution in [0.2, 0.25) is 5.02 Å². The molecule has 5 nitrogen and oxygen atoms in total. The monoisotopic (exact) mass is 374 g/mol. The molecule has 3 aromatic rings. The number of aromatic amines is 1. The lowest BCUT2D eigenvalue weighted by Crippen LogP contribution is -2.23. The quantitative estimate of drug-likeness (QED) is 0.692. The fourth-order valence-corrected chi connectivity index (χ4v) is 3.00. The van der Waals surface area contributed by atoms with Crippen molar-refractivity contribution in [2.24, 2.45) is 0 Å². The molecule has 0 aliphatic rings. The number of carbonyl (C=O) groups is 1. The van der Waals surface area contributed by atoms with Crippen LogP contribution in [-0.4, -0.2) is 22.8 Å². The average molecular weight is 375 g/mol. The SMILES string of the molecule is CCOC(=O)C(Cc1ccc(Cl)cc1F)c1n[nH]c(=O)c2ccccc12. The van der Waals surface area contributed by atoms with Crippen LogP contribution in [0.25, 0.3) is 10.8 Å². The molecule has 2 aromatic carbocycles. The second-order valence-electron chi connectivity index (χ2n) is 5.73. The van der Waals surface area contributed by atoms with Gasteiger partial charge in [0.1, 0.15) is 11.7 Å². The summed E-state index contributed by atoms with van der Waals surface area (Å²) in [6, 6.07) is 11.1. The molecule has 1 aromatic heterocycles. The van der Waals surface area contributed by atoms with Crippen molar-refractivity contribution >= 4 is 28.3 Å². The molecule has 0 aliphatic carbocycles. The second-order valence-corrected chi connectivity index (χ2v) is 6.16. The van der Waals surface area contributed by atoms with Crippen molar-refractivity contribution in [3.8, 4) is 0 Å². The number of hydrogen-bond acceptors (Lipinski definition) is 4. The third-order valence-electron chi connectivity index (χ3n) is 4.07. The van der Waals surface area contributed by atoms with Gasteiger partial charge in [0.15, 0.2) is 0 Å². The number of nitrogens with one attached hydrogen (secondary N) is 1. The molecule has 0 spiro atoms. The largest absolute Gasteiger partial charge is 0.465 e. The third kappa shape index (κ3) is 3.60. The van der Waals surface area contributed by atoms with Crippen LogP contribution in [0.4, 0.5) is 4.39 Å². The summed E-state index contributed by atoms with van der Waals surface area (Å²) < 4.78 is 19.4. The minimum Gasteiger partial charge on any atom is -0.465 e. The molecule has 1 atom stereocenters. The minimum atomic E-state index is -0.868. The lowest BCUT2D eigenvalue weighted by atomic mass is 9.93. The Hall–Kier alpha value is -2.73. The van der Waals surface area contributed by atoms with Crippen molar-refractivity contribution in [2.45, 2.75) is 19.3 Å². The number of fused-ring (bicyclic) bond motifs is 1. The summed E-state index contributed by atoms with van der Waals surface area (Å²) in [6.07, 6.45) is 0.0326. The predicted molar refractivity (Wildman–Crippen MR) is 96.9 cm³/mol. The van der Waals surface area contributed by atoms with E-state index in [2.05, 4.69) is 10.2 Å². The van der Waals surface area contributed by atoms with E-state index in [0.717, 1.165) is 0 Å². The van der Waals surface area contributed by atoms with Crippen LogP contribution in [0, 0.1) is 5.82 Å². The zero-order chi connectivity index (χ0) is 18.7. The standard InChI is InChI=1S/C19H16ClFN2O3/c1-2-26-19(25)15(9-11-7-8-12(20)10-16(11)21)17-13-5-3-4-6-14(13)18(24)23-22-17/h3-8,10,15H,2,9H2,1H3,(H,23,24). The van der Waals surface area contributed by atoms with Gasteiger partial charge in [0, 0.05) is 10.4 Å². The molecule has 134 valence electrons. The molecular formula is C19H16ClFN2O3. The van der Waals surface area contributed by atoms with E-state index in [4.69, 9.17) is 16.3 Å². The molecule has 1 heterocycles. The van der Waals surface area contributed by atoms with Gasteiger partial charge in [-0.05, 0) is 37.1 Å². The van der Waals surface area contributed by atoms with Crippen LogP contribution < -0.4 is 5.56 Å². The molecule has 0 aliphatic heterocycles. The van der Waals surface area contributed by atoms with E-state index >= 15 is 0 Å². The van der Waals surface area contributed by atoms with E-state index in [-0.39, 0.29) is 23.6 Å². The van der Waals surface area contributed by atoms with Gasteiger partial charge < -0.3 is 4.74 Å². The molecule has 1 N–H and O–H groups in total. The number of ether oxygens (including phenoxy) is 1. The highest BCUT2D eigenvalue weighted by Gasteiger charge is 2.27. The van der Waals surface area contributed by atoms with Crippen molar-refractivity contribution in [2.75, 3.05) is 6.61 Å². The van der Waals surface area contributed by atoms with Crippen molar-refractivity contribution < 1.29 is 13.9 Å². The zero-order valence-electron chi connectivity index (χ0n) is 14.0. The molecule has 1 unspecified atom stereocenters. The highest BCUT2D eigenvalue weighted by atomic mass is 35.5. The first kappa shape index (κ1) is 18.1. The maximum atomic E-state index is 14.2. The predicted octanol–water partition coefficient (Wildman–Crippen LogP) is 3.61. The van der Waals surface area contributed by atoms with Gasteiger partial charge in [-0.2, -0.15) is 5.10 Å². The van der Waals surface area contributed by atoms with Gasteiger partial charge in [-0.3, -0.25) is 9.59 Å². The Kier molecular flexibility index (Phi) is 5.32.